The fourth-order valence-corrected chi connectivity index (χ4v) is 6.05. The number of piperidine rings is 1. The van der Waals surface area contributed by atoms with Crippen LogP contribution in [0.2, 0.25) is 0 Å². The van der Waals surface area contributed by atoms with E-state index in [-0.39, 0.29) is 5.92 Å². The molecule has 6 nitrogen and oxygen atoms in total. The second kappa shape index (κ2) is 10.1. The van der Waals surface area contributed by atoms with Crippen LogP contribution in [0, 0.1) is 0 Å². The van der Waals surface area contributed by atoms with Crippen molar-refractivity contribution in [1.29, 1.82) is 0 Å². The van der Waals surface area contributed by atoms with Gasteiger partial charge in [0.25, 0.3) is 0 Å². The van der Waals surface area contributed by atoms with Crippen molar-refractivity contribution in [2.75, 3.05) is 44.7 Å². The average Bonchev–Trinajstić information content (AvgIpc) is 3.13. The van der Waals surface area contributed by atoms with Crippen molar-refractivity contribution in [3.8, 4) is 5.75 Å². The molecule has 3 saturated heterocycles. The third-order valence-corrected chi connectivity index (χ3v) is 7.83. The van der Waals surface area contributed by atoms with Crippen LogP contribution in [0.5, 0.6) is 5.75 Å². The number of carbonyl (C=O) groups is 1. The van der Waals surface area contributed by atoms with Gasteiger partial charge in [-0.25, -0.2) is 4.98 Å². The van der Waals surface area contributed by atoms with Gasteiger partial charge in [-0.05, 0) is 62.8 Å². The number of aromatic nitrogens is 1. The van der Waals surface area contributed by atoms with Crippen LogP contribution in [0.4, 0.5) is 5.82 Å². The number of hydrogen-bond donors (Lipinski definition) is 0. The molecule has 3 fully saturated rings. The zero-order valence-corrected chi connectivity index (χ0v) is 19.7. The summed E-state index contributed by atoms with van der Waals surface area (Å²) < 4.78 is 5.50. The summed E-state index contributed by atoms with van der Waals surface area (Å²) in [5.41, 5.74) is 1.17. The SMILES string of the molecule is COc1cccnc1N1CCN(CCC(C(=O)N2C3CCCC2CC3)c2ccccc2)CC1. The van der Waals surface area contributed by atoms with E-state index in [1.807, 2.05) is 24.4 Å². The number of rotatable bonds is 7. The molecule has 1 amide bonds. The smallest absolute Gasteiger partial charge is 0.230 e. The van der Waals surface area contributed by atoms with Crippen molar-refractivity contribution in [2.45, 2.75) is 56.5 Å². The molecule has 3 atom stereocenters. The van der Waals surface area contributed by atoms with E-state index in [0.29, 0.717) is 18.0 Å². The largest absolute Gasteiger partial charge is 0.493 e. The van der Waals surface area contributed by atoms with Crippen molar-refractivity contribution in [1.82, 2.24) is 14.8 Å². The Kier molecular flexibility index (Phi) is 6.81. The molecule has 3 aliphatic rings. The first-order valence-corrected chi connectivity index (χ1v) is 12.6. The van der Waals surface area contributed by atoms with Gasteiger partial charge in [0, 0.05) is 44.5 Å². The molecule has 3 aliphatic heterocycles. The Morgan fingerprint density at radius 1 is 1.00 bits per heavy atom. The van der Waals surface area contributed by atoms with Gasteiger partial charge < -0.3 is 14.5 Å². The van der Waals surface area contributed by atoms with Gasteiger partial charge in [0.2, 0.25) is 5.91 Å². The zero-order chi connectivity index (χ0) is 22.6. The minimum absolute atomic E-state index is 0.0405. The van der Waals surface area contributed by atoms with Crippen LogP contribution in [0.25, 0.3) is 0 Å². The first-order valence-electron chi connectivity index (χ1n) is 12.6. The highest BCUT2D eigenvalue weighted by atomic mass is 16.5. The first kappa shape index (κ1) is 22.2. The number of benzene rings is 1. The number of piperazine rings is 1. The number of anilines is 1. The van der Waals surface area contributed by atoms with Gasteiger partial charge in [0.05, 0.1) is 13.0 Å². The Balaban J connectivity index is 1.23. The highest BCUT2D eigenvalue weighted by Crippen LogP contribution is 2.38. The van der Waals surface area contributed by atoms with E-state index in [4.69, 9.17) is 4.74 Å². The lowest BCUT2D eigenvalue weighted by Gasteiger charge is -2.39. The highest BCUT2D eigenvalue weighted by Gasteiger charge is 2.42. The van der Waals surface area contributed by atoms with E-state index in [2.05, 4.69) is 43.9 Å². The van der Waals surface area contributed by atoms with Crippen molar-refractivity contribution in [2.24, 2.45) is 0 Å². The molecule has 0 radical (unpaired) electrons. The van der Waals surface area contributed by atoms with Crippen LogP contribution in [-0.4, -0.2) is 72.6 Å². The van der Waals surface area contributed by atoms with Gasteiger partial charge in [-0.2, -0.15) is 0 Å². The van der Waals surface area contributed by atoms with Crippen molar-refractivity contribution in [3.05, 3.63) is 54.2 Å². The number of methoxy groups -OCH3 is 1. The number of nitrogens with zero attached hydrogens (tertiary/aromatic N) is 4. The van der Waals surface area contributed by atoms with Crippen LogP contribution in [0.3, 0.4) is 0 Å². The number of hydrogen-bond acceptors (Lipinski definition) is 5. The second-order valence-corrected chi connectivity index (χ2v) is 9.67. The van der Waals surface area contributed by atoms with E-state index < -0.39 is 0 Å². The van der Waals surface area contributed by atoms with E-state index >= 15 is 0 Å². The highest BCUT2D eigenvalue weighted by molar-refractivity contribution is 5.84. The molecule has 0 spiro atoms. The predicted octanol–water partition coefficient (Wildman–Crippen LogP) is 3.93. The monoisotopic (exact) mass is 448 g/mol. The van der Waals surface area contributed by atoms with Crippen LogP contribution in [-0.2, 0) is 4.79 Å². The molecular formula is C27H36N4O2. The van der Waals surface area contributed by atoms with Crippen LogP contribution in [0.1, 0.15) is 50.0 Å². The summed E-state index contributed by atoms with van der Waals surface area (Å²) in [5.74, 6) is 2.08. The maximum Gasteiger partial charge on any atom is 0.230 e. The molecule has 2 bridgehead atoms. The van der Waals surface area contributed by atoms with Gasteiger partial charge in [-0.15, -0.1) is 0 Å². The number of pyridine rings is 1. The normalized spacial score (nSPS) is 24.0. The zero-order valence-electron chi connectivity index (χ0n) is 19.7. The summed E-state index contributed by atoms with van der Waals surface area (Å²) in [6.45, 7) is 4.75. The van der Waals surface area contributed by atoms with Gasteiger partial charge in [-0.1, -0.05) is 30.3 Å². The molecule has 3 unspecified atom stereocenters. The van der Waals surface area contributed by atoms with Gasteiger partial charge in [0.15, 0.2) is 11.6 Å². The molecule has 5 rings (SSSR count). The minimum atomic E-state index is -0.0405. The summed E-state index contributed by atoms with van der Waals surface area (Å²) in [6, 6.07) is 15.3. The third kappa shape index (κ3) is 4.72. The average molecular weight is 449 g/mol. The molecule has 1 aromatic heterocycles. The fraction of sp³-hybridized carbons (Fsp3) is 0.556. The van der Waals surface area contributed by atoms with Crippen molar-refractivity contribution < 1.29 is 9.53 Å². The Bertz CT molecular complexity index is 913. The lowest BCUT2D eigenvalue weighted by atomic mass is 9.91. The minimum Gasteiger partial charge on any atom is -0.493 e. The predicted molar refractivity (Wildman–Crippen MR) is 131 cm³/mol. The summed E-state index contributed by atoms with van der Waals surface area (Å²) in [5, 5.41) is 0. The Hall–Kier alpha value is -2.60. The van der Waals surface area contributed by atoms with Crippen molar-refractivity contribution in [3.63, 3.8) is 0 Å². The van der Waals surface area contributed by atoms with E-state index in [1.165, 1.54) is 37.7 Å². The number of carbonyl (C=O) groups excluding carboxylic acids is 1. The molecule has 33 heavy (non-hydrogen) atoms. The standard InChI is InChI=1S/C27H36N4O2/c1-33-25-11-6-15-28-26(25)30-19-17-29(18-20-30)16-14-24(21-7-3-2-4-8-21)27(32)31-22-9-5-10-23(31)13-12-22/h2-4,6-8,11,15,22-24H,5,9-10,12-14,16-20H2,1H3. The van der Waals surface area contributed by atoms with E-state index in [9.17, 15) is 4.79 Å². The number of ether oxygens (including phenoxy) is 1. The number of amides is 1. The third-order valence-electron chi connectivity index (χ3n) is 7.83. The topological polar surface area (TPSA) is 48.9 Å². The molecule has 6 heteroatoms. The molecule has 4 heterocycles. The summed E-state index contributed by atoms with van der Waals surface area (Å²) >= 11 is 0. The molecule has 176 valence electrons. The summed E-state index contributed by atoms with van der Waals surface area (Å²) in [7, 11) is 1.70. The van der Waals surface area contributed by atoms with E-state index in [1.54, 1.807) is 7.11 Å². The lowest BCUT2D eigenvalue weighted by molar-refractivity contribution is -0.137. The van der Waals surface area contributed by atoms with E-state index in [0.717, 1.165) is 50.7 Å². The van der Waals surface area contributed by atoms with Gasteiger partial charge in [-0.3, -0.25) is 9.69 Å². The first-order chi connectivity index (χ1) is 16.2. The molecule has 0 saturated carbocycles. The van der Waals surface area contributed by atoms with Gasteiger partial charge >= 0.3 is 0 Å². The van der Waals surface area contributed by atoms with Crippen LogP contribution >= 0.6 is 0 Å². The quantitative estimate of drug-likeness (QED) is 0.642. The molecule has 1 aromatic carbocycles. The van der Waals surface area contributed by atoms with Crippen LogP contribution in [0.15, 0.2) is 48.7 Å². The Labute approximate surface area is 197 Å². The fourth-order valence-electron chi connectivity index (χ4n) is 6.05. The number of fused-ring (bicyclic) bond motifs is 2. The molecule has 0 aliphatic carbocycles. The van der Waals surface area contributed by atoms with Crippen molar-refractivity contribution >= 4 is 11.7 Å². The molecular weight excluding hydrogens is 412 g/mol. The maximum absolute atomic E-state index is 13.8. The lowest BCUT2D eigenvalue weighted by Crippen LogP contribution is -2.48. The Morgan fingerprint density at radius 3 is 2.42 bits per heavy atom. The molecule has 0 N–H and O–H groups in total. The molecule has 2 aromatic rings. The van der Waals surface area contributed by atoms with Gasteiger partial charge in [0.1, 0.15) is 0 Å². The Morgan fingerprint density at radius 2 is 1.73 bits per heavy atom. The summed E-state index contributed by atoms with van der Waals surface area (Å²) in [6.07, 6.45) is 8.74. The summed E-state index contributed by atoms with van der Waals surface area (Å²) in [4.78, 5) is 25.4. The maximum atomic E-state index is 13.8. The second-order valence-electron chi connectivity index (χ2n) is 9.67. The van der Waals surface area contributed by atoms with Crippen LogP contribution < -0.4 is 9.64 Å².